The van der Waals surface area contributed by atoms with Gasteiger partial charge in [0.05, 0.1) is 0 Å². The SMILES string of the molecule is CCN(CC)C(=O)CCCC(=O)N1CCC(N)C(C)(C)C1.Cl. The molecule has 1 atom stereocenters. The standard InChI is InChI=1S/C16H31N3O2.ClH/c1-5-18(6-2)14(20)8-7-9-15(21)19-11-10-13(17)16(3,4)12-19;/h13H,5-12,17H2,1-4H3;1H. The molecule has 1 unspecified atom stereocenters. The van der Waals surface area contributed by atoms with Crippen LogP contribution in [0.4, 0.5) is 0 Å². The van der Waals surface area contributed by atoms with E-state index >= 15 is 0 Å². The van der Waals surface area contributed by atoms with Crippen LogP contribution in [0.15, 0.2) is 0 Å². The predicted molar refractivity (Wildman–Crippen MR) is 92.0 cm³/mol. The third-order valence-electron chi connectivity index (χ3n) is 4.56. The topological polar surface area (TPSA) is 66.6 Å². The molecular formula is C16H32ClN3O2. The van der Waals surface area contributed by atoms with Crippen molar-refractivity contribution in [1.82, 2.24) is 9.80 Å². The molecule has 2 N–H and O–H groups in total. The zero-order valence-corrected chi connectivity index (χ0v) is 15.2. The number of hydrogen-bond donors (Lipinski definition) is 1. The Morgan fingerprint density at radius 1 is 1.23 bits per heavy atom. The van der Waals surface area contributed by atoms with E-state index in [-0.39, 0.29) is 35.7 Å². The quantitative estimate of drug-likeness (QED) is 0.808. The Kier molecular flexibility index (Phi) is 9.01. The fourth-order valence-electron chi connectivity index (χ4n) is 2.87. The van der Waals surface area contributed by atoms with Gasteiger partial charge in [-0.05, 0) is 32.1 Å². The van der Waals surface area contributed by atoms with Crippen LogP contribution in [-0.2, 0) is 9.59 Å². The van der Waals surface area contributed by atoms with Crippen LogP contribution in [-0.4, -0.2) is 53.8 Å². The largest absolute Gasteiger partial charge is 0.343 e. The molecule has 1 aliphatic rings. The van der Waals surface area contributed by atoms with Crippen molar-refractivity contribution in [3.8, 4) is 0 Å². The maximum atomic E-state index is 12.2. The second kappa shape index (κ2) is 9.36. The lowest BCUT2D eigenvalue weighted by Crippen LogP contribution is -2.53. The lowest BCUT2D eigenvalue weighted by Gasteiger charge is -2.42. The Balaban J connectivity index is 0.00000441. The van der Waals surface area contributed by atoms with Crippen LogP contribution < -0.4 is 5.73 Å². The lowest BCUT2D eigenvalue weighted by atomic mass is 9.79. The molecule has 2 amide bonds. The first-order chi connectivity index (χ1) is 9.81. The van der Waals surface area contributed by atoms with Crippen LogP contribution in [0.5, 0.6) is 0 Å². The number of carbonyl (C=O) groups is 2. The third-order valence-corrected chi connectivity index (χ3v) is 4.56. The molecule has 0 aliphatic carbocycles. The van der Waals surface area contributed by atoms with Crippen molar-refractivity contribution in [1.29, 1.82) is 0 Å². The van der Waals surface area contributed by atoms with Gasteiger partial charge in [0, 0.05) is 45.1 Å². The second-order valence-corrected chi connectivity index (χ2v) is 6.62. The van der Waals surface area contributed by atoms with E-state index in [0.717, 1.165) is 32.6 Å². The Labute approximate surface area is 141 Å². The highest BCUT2D eigenvalue weighted by atomic mass is 35.5. The predicted octanol–water partition coefficient (Wildman–Crippen LogP) is 2.03. The van der Waals surface area contributed by atoms with Gasteiger partial charge in [-0.2, -0.15) is 0 Å². The van der Waals surface area contributed by atoms with Gasteiger partial charge in [0.1, 0.15) is 0 Å². The lowest BCUT2D eigenvalue weighted by molar-refractivity contribution is -0.135. The van der Waals surface area contributed by atoms with Crippen LogP contribution >= 0.6 is 12.4 Å². The van der Waals surface area contributed by atoms with E-state index < -0.39 is 0 Å². The second-order valence-electron chi connectivity index (χ2n) is 6.62. The monoisotopic (exact) mass is 333 g/mol. The molecule has 5 nitrogen and oxygen atoms in total. The van der Waals surface area contributed by atoms with Crippen LogP contribution in [0.2, 0.25) is 0 Å². The Morgan fingerprint density at radius 3 is 2.32 bits per heavy atom. The maximum absolute atomic E-state index is 12.2. The van der Waals surface area contributed by atoms with Gasteiger partial charge < -0.3 is 15.5 Å². The number of nitrogens with zero attached hydrogens (tertiary/aromatic N) is 2. The van der Waals surface area contributed by atoms with Crippen molar-refractivity contribution >= 4 is 24.2 Å². The molecule has 1 aliphatic heterocycles. The average Bonchev–Trinajstić information content (AvgIpc) is 2.43. The number of rotatable bonds is 6. The summed E-state index contributed by atoms with van der Waals surface area (Å²) < 4.78 is 0. The fourth-order valence-corrected chi connectivity index (χ4v) is 2.87. The molecule has 0 spiro atoms. The van der Waals surface area contributed by atoms with Gasteiger partial charge in [-0.1, -0.05) is 13.8 Å². The molecule has 0 saturated carbocycles. The van der Waals surface area contributed by atoms with E-state index in [2.05, 4.69) is 13.8 Å². The summed E-state index contributed by atoms with van der Waals surface area (Å²) in [5.41, 5.74) is 6.07. The van der Waals surface area contributed by atoms with Crippen molar-refractivity contribution in [3.05, 3.63) is 0 Å². The summed E-state index contributed by atoms with van der Waals surface area (Å²) in [4.78, 5) is 27.9. The number of halogens is 1. The Bertz CT molecular complexity index is 370. The molecule has 1 saturated heterocycles. The summed E-state index contributed by atoms with van der Waals surface area (Å²) in [5.74, 6) is 0.302. The highest BCUT2D eigenvalue weighted by Crippen LogP contribution is 2.28. The molecule has 1 heterocycles. The number of carbonyl (C=O) groups excluding carboxylic acids is 2. The van der Waals surface area contributed by atoms with Crippen LogP contribution in [0.3, 0.4) is 0 Å². The molecular weight excluding hydrogens is 302 g/mol. The van der Waals surface area contributed by atoms with Crippen molar-refractivity contribution in [3.63, 3.8) is 0 Å². The zero-order chi connectivity index (χ0) is 16.0. The first kappa shape index (κ1) is 21.2. The molecule has 22 heavy (non-hydrogen) atoms. The van der Waals surface area contributed by atoms with Gasteiger partial charge >= 0.3 is 0 Å². The van der Waals surface area contributed by atoms with Crippen LogP contribution in [0, 0.1) is 5.41 Å². The van der Waals surface area contributed by atoms with Crippen molar-refractivity contribution in [2.45, 2.75) is 59.4 Å². The molecule has 0 aromatic heterocycles. The highest BCUT2D eigenvalue weighted by molar-refractivity contribution is 5.85. The van der Waals surface area contributed by atoms with Crippen molar-refractivity contribution in [2.24, 2.45) is 11.1 Å². The average molecular weight is 334 g/mol. The smallest absolute Gasteiger partial charge is 0.222 e. The van der Waals surface area contributed by atoms with E-state index in [1.165, 1.54) is 0 Å². The minimum atomic E-state index is -0.0229. The van der Waals surface area contributed by atoms with Crippen LogP contribution in [0.1, 0.15) is 53.4 Å². The first-order valence-electron chi connectivity index (χ1n) is 8.13. The molecule has 0 aromatic rings. The van der Waals surface area contributed by atoms with E-state index in [9.17, 15) is 9.59 Å². The molecule has 1 fully saturated rings. The Hall–Kier alpha value is -0.810. The molecule has 130 valence electrons. The summed E-state index contributed by atoms with van der Waals surface area (Å²) >= 11 is 0. The molecule has 6 heteroatoms. The zero-order valence-electron chi connectivity index (χ0n) is 14.4. The van der Waals surface area contributed by atoms with E-state index in [1.807, 2.05) is 23.6 Å². The molecule has 0 bridgehead atoms. The van der Waals surface area contributed by atoms with Gasteiger partial charge in [-0.3, -0.25) is 9.59 Å². The maximum Gasteiger partial charge on any atom is 0.222 e. The van der Waals surface area contributed by atoms with Gasteiger partial charge in [0.25, 0.3) is 0 Å². The molecule has 0 radical (unpaired) electrons. The molecule has 1 rings (SSSR count). The number of piperidine rings is 1. The van der Waals surface area contributed by atoms with E-state index in [4.69, 9.17) is 5.73 Å². The number of hydrogen-bond acceptors (Lipinski definition) is 3. The molecule has 0 aromatic carbocycles. The van der Waals surface area contributed by atoms with Crippen molar-refractivity contribution < 1.29 is 9.59 Å². The summed E-state index contributed by atoms with van der Waals surface area (Å²) in [7, 11) is 0. The summed E-state index contributed by atoms with van der Waals surface area (Å²) in [6.07, 6.45) is 2.41. The normalized spacial score (nSPS) is 20.2. The van der Waals surface area contributed by atoms with Gasteiger partial charge in [-0.25, -0.2) is 0 Å². The summed E-state index contributed by atoms with van der Waals surface area (Å²) in [5, 5.41) is 0. The van der Waals surface area contributed by atoms with Crippen molar-refractivity contribution in [2.75, 3.05) is 26.2 Å². The van der Waals surface area contributed by atoms with E-state index in [0.29, 0.717) is 19.3 Å². The first-order valence-corrected chi connectivity index (χ1v) is 8.13. The summed E-state index contributed by atoms with van der Waals surface area (Å²) in [6, 6.07) is 0.158. The number of amides is 2. The third kappa shape index (κ3) is 5.76. The summed E-state index contributed by atoms with van der Waals surface area (Å²) in [6.45, 7) is 11.1. The minimum Gasteiger partial charge on any atom is -0.343 e. The Morgan fingerprint density at radius 2 is 1.82 bits per heavy atom. The van der Waals surface area contributed by atoms with Gasteiger partial charge in [-0.15, -0.1) is 12.4 Å². The van der Waals surface area contributed by atoms with Gasteiger partial charge in [0.15, 0.2) is 0 Å². The fraction of sp³-hybridized carbons (Fsp3) is 0.875. The van der Waals surface area contributed by atoms with Crippen LogP contribution in [0.25, 0.3) is 0 Å². The minimum absolute atomic E-state index is 0. The highest BCUT2D eigenvalue weighted by Gasteiger charge is 2.35. The van der Waals surface area contributed by atoms with E-state index in [1.54, 1.807) is 0 Å². The number of nitrogens with two attached hydrogens (primary N) is 1. The number of likely N-dealkylation sites (tertiary alicyclic amines) is 1. The van der Waals surface area contributed by atoms with Gasteiger partial charge in [0.2, 0.25) is 11.8 Å².